The molecule has 0 amide bonds. The largest absolute Gasteiger partial charge is 0.335 e. The Labute approximate surface area is 100 Å². The van der Waals surface area contributed by atoms with Gasteiger partial charge in [0.25, 0.3) is 0 Å². The number of amidine groups is 1. The molecule has 1 aliphatic rings. The Bertz CT molecular complexity index is 420. The third-order valence-electron chi connectivity index (χ3n) is 2.09. The van der Waals surface area contributed by atoms with Gasteiger partial charge in [0.05, 0.1) is 11.0 Å². The van der Waals surface area contributed by atoms with Gasteiger partial charge in [0.15, 0.2) is 5.17 Å². The first-order valence-corrected chi connectivity index (χ1v) is 6.34. The van der Waals surface area contributed by atoms with E-state index in [4.69, 9.17) is 0 Å². The van der Waals surface area contributed by atoms with Gasteiger partial charge in [0, 0.05) is 11.4 Å². The lowest BCUT2D eigenvalue weighted by Gasteiger charge is -2.09. The van der Waals surface area contributed by atoms with E-state index in [1.54, 1.807) is 17.8 Å². The van der Waals surface area contributed by atoms with Gasteiger partial charge >= 0.3 is 0 Å². The predicted molar refractivity (Wildman–Crippen MR) is 67.2 cm³/mol. The quantitative estimate of drug-likeness (QED) is 0.856. The summed E-state index contributed by atoms with van der Waals surface area (Å²) in [6.45, 7) is 2.73. The van der Waals surface area contributed by atoms with Crippen LogP contribution in [-0.4, -0.2) is 17.5 Å². The molecule has 0 aliphatic carbocycles. The predicted octanol–water partition coefficient (Wildman–Crippen LogP) is 3.41. The molecule has 0 radical (unpaired) electrons. The van der Waals surface area contributed by atoms with Crippen LogP contribution in [0.1, 0.15) is 5.56 Å². The van der Waals surface area contributed by atoms with E-state index in [-0.39, 0.29) is 5.82 Å². The van der Waals surface area contributed by atoms with Crippen LogP contribution >= 0.6 is 27.7 Å². The average Bonchev–Trinajstić information content (AvgIpc) is 2.67. The van der Waals surface area contributed by atoms with Crippen molar-refractivity contribution in [3.63, 3.8) is 0 Å². The van der Waals surface area contributed by atoms with E-state index in [0.717, 1.165) is 28.7 Å². The van der Waals surface area contributed by atoms with E-state index in [1.807, 2.05) is 6.92 Å². The number of hydrogen-bond donors (Lipinski definition) is 1. The Morgan fingerprint density at radius 3 is 3.00 bits per heavy atom. The van der Waals surface area contributed by atoms with Crippen molar-refractivity contribution < 1.29 is 4.39 Å². The summed E-state index contributed by atoms with van der Waals surface area (Å²) < 4.78 is 13.6. The summed E-state index contributed by atoms with van der Waals surface area (Å²) >= 11 is 4.85. The second-order valence-corrected chi connectivity index (χ2v) is 5.18. The highest BCUT2D eigenvalue weighted by atomic mass is 79.9. The molecule has 80 valence electrons. The van der Waals surface area contributed by atoms with Crippen molar-refractivity contribution in [2.45, 2.75) is 6.92 Å². The third kappa shape index (κ3) is 2.52. The number of aryl methyl sites for hydroxylation is 1. The van der Waals surface area contributed by atoms with Gasteiger partial charge in [-0.05, 0) is 40.5 Å². The highest BCUT2D eigenvalue weighted by molar-refractivity contribution is 9.10. The van der Waals surface area contributed by atoms with Crippen LogP contribution in [0, 0.1) is 12.7 Å². The Kier molecular flexibility index (Phi) is 3.31. The van der Waals surface area contributed by atoms with Gasteiger partial charge in [-0.3, -0.25) is 4.99 Å². The maximum absolute atomic E-state index is 13.2. The number of nitrogens with zero attached hydrogens (tertiary/aromatic N) is 1. The summed E-state index contributed by atoms with van der Waals surface area (Å²) in [5.41, 5.74) is 1.78. The SMILES string of the molecule is Cc1cc(F)c(Br)cc1NC1=NCCS1. The second kappa shape index (κ2) is 4.53. The minimum atomic E-state index is -0.237. The van der Waals surface area contributed by atoms with Gasteiger partial charge in [-0.25, -0.2) is 4.39 Å². The van der Waals surface area contributed by atoms with Crippen molar-refractivity contribution in [3.05, 3.63) is 28.0 Å². The zero-order chi connectivity index (χ0) is 10.8. The zero-order valence-corrected chi connectivity index (χ0v) is 10.6. The maximum Gasteiger partial charge on any atom is 0.161 e. The highest BCUT2D eigenvalue weighted by Crippen LogP contribution is 2.25. The fraction of sp³-hybridized carbons (Fsp3) is 0.300. The Morgan fingerprint density at radius 1 is 1.53 bits per heavy atom. The van der Waals surface area contributed by atoms with Crippen molar-refractivity contribution in [3.8, 4) is 0 Å². The van der Waals surface area contributed by atoms with Gasteiger partial charge in [0.1, 0.15) is 5.82 Å². The van der Waals surface area contributed by atoms with Gasteiger partial charge in [-0.15, -0.1) is 0 Å². The topological polar surface area (TPSA) is 24.4 Å². The number of hydrogen-bond acceptors (Lipinski definition) is 3. The van der Waals surface area contributed by atoms with Crippen molar-refractivity contribution in [1.82, 2.24) is 0 Å². The number of rotatable bonds is 1. The lowest BCUT2D eigenvalue weighted by Crippen LogP contribution is -2.06. The molecule has 0 fully saturated rings. The van der Waals surface area contributed by atoms with Crippen LogP contribution < -0.4 is 5.32 Å². The molecule has 5 heteroatoms. The summed E-state index contributed by atoms with van der Waals surface area (Å²) in [4.78, 5) is 4.28. The fourth-order valence-electron chi connectivity index (χ4n) is 1.31. The standard InChI is InChI=1S/C10H10BrFN2S/c1-6-4-8(12)7(11)5-9(6)14-10-13-2-3-15-10/h4-5H,2-3H2,1H3,(H,13,14). The van der Waals surface area contributed by atoms with Crippen LogP contribution in [0.2, 0.25) is 0 Å². The Morgan fingerprint density at radius 2 is 2.33 bits per heavy atom. The van der Waals surface area contributed by atoms with E-state index < -0.39 is 0 Å². The van der Waals surface area contributed by atoms with Crippen LogP contribution in [-0.2, 0) is 0 Å². The smallest absolute Gasteiger partial charge is 0.161 e. The molecule has 1 aliphatic heterocycles. The summed E-state index contributed by atoms with van der Waals surface area (Å²) in [5, 5.41) is 4.11. The number of halogens is 2. The van der Waals surface area contributed by atoms with Crippen molar-refractivity contribution in [2.75, 3.05) is 17.6 Å². The van der Waals surface area contributed by atoms with Crippen LogP contribution in [0.5, 0.6) is 0 Å². The lowest BCUT2D eigenvalue weighted by atomic mass is 10.2. The molecule has 0 aromatic heterocycles. The first kappa shape index (κ1) is 11.0. The molecule has 2 nitrogen and oxygen atoms in total. The van der Waals surface area contributed by atoms with Crippen molar-refractivity contribution in [1.29, 1.82) is 0 Å². The van der Waals surface area contributed by atoms with Gasteiger partial charge in [-0.1, -0.05) is 11.8 Å². The minimum Gasteiger partial charge on any atom is -0.335 e. The summed E-state index contributed by atoms with van der Waals surface area (Å²) in [5.74, 6) is 0.781. The molecular formula is C10H10BrFN2S. The number of aliphatic imine (C=N–C) groups is 1. The fourth-order valence-corrected chi connectivity index (χ4v) is 2.39. The minimum absolute atomic E-state index is 0.237. The van der Waals surface area contributed by atoms with Crippen molar-refractivity contribution >= 4 is 38.5 Å². The normalized spacial score (nSPS) is 15.3. The molecule has 0 saturated carbocycles. The average molecular weight is 289 g/mol. The highest BCUT2D eigenvalue weighted by Gasteiger charge is 2.10. The van der Waals surface area contributed by atoms with Crippen molar-refractivity contribution in [2.24, 2.45) is 4.99 Å². The first-order valence-electron chi connectivity index (χ1n) is 4.57. The molecule has 1 heterocycles. The van der Waals surface area contributed by atoms with E-state index in [9.17, 15) is 4.39 Å². The van der Waals surface area contributed by atoms with Crippen LogP contribution in [0.15, 0.2) is 21.6 Å². The van der Waals surface area contributed by atoms with Crippen LogP contribution in [0.25, 0.3) is 0 Å². The first-order chi connectivity index (χ1) is 7.16. The molecular weight excluding hydrogens is 279 g/mol. The van der Waals surface area contributed by atoms with E-state index in [2.05, 4.69) is 26.2 Å². The van der Waals surface area contributed by atoms with Gasteiger partial charge < -0.3 is 5.32 Å². The second-order valence-electron chi connectivity index (χ2n) is 3.24. The lowest BCUT2D eigenvalue weighted by molar-refractivity contribution is 0.620. The maximum atomic E-state index is 13.2. The van der Waals surface area contributed by atoms with Crippen LogP contribution in [0.4, 0.5) is 10.1 Å². The summed E-state index contributed by atoms with van der Waals surface area (Å²) in [6, 6.07) is 3.25. The zero-order valence-electron chi connectivity index (χ0n) is 8.18. The number of thioether (sulfide) groups is 1. The van der Waals surface area contributed by atoms with Crippen LogP contribution in [0.3, 0.4) is 0 Å². The Balaban J connectivity index is 2.24. The van der Waals surface area contributed by atoms with Gasteiger partial charge in [0.2, 0.25) is 0 Å². The van der Waals surface area contributed by atoms with E-state index in [1.165, 1.54) is 6.07 Å². The molecule has 1 N–H and O–H groups in total. The monoisotopic (exact) mass is 288 g/mol. The molecule has 0 atom stereocenters. The Hall–Kier alpha value is -0.550. The summed E-state index contributed by atoms with van der Waals surface area (Å²) in [7, 11) is 0. The molecule has 1 aromatic rings. The summed E-state index contributed by atoms with van der Waals surface area (Å²) in [6.07, 6.45) is 0. The third-order valence-corrected chi connectivity index (χ3v) is 3.59. The van der Waals surface area contributed by atoms with E-state index in [0.29, 0.717) is 4.47 Å². The number of benzene rings is 1. The molecule has 1 aromatic carbocycles. The van der Waals surface area contributed by atoms with E-state index >= 15 is 0 Å². The van der Waals surface area contributed by atoms with Gasteiger partial charge in [-0.2, -0.15) is 0 Å². The molecule has 0 unspecified atom stereocenters. The molecule has 2 rings (SSSR count). The number of anilines is 1. The number of nitrogens with one attached hydrogen (secondary N) is 1. The molecule has 15 heavy (non-hydrogen) atoms. The molecule has 0 spiro atoms. The molecule has 0 bridgehead atoms. The molecule has 0 saturated heterocycles.